The smallest absolute Gasteiger partial charge is 0.303 e. The highest BCUT2D eigenvalue weighted by Gasteiger charge is 1.97. The number of rotatable bonds is 7. The van der Waals surface area contributed by atoms with Crippen LogP contribution in [0, 0.1) is 6.92 Å². The van der Waals surface area contributed by atoms with Crippen LogP contribution in [0.15, 0.2) is 30.4 Å². The van der Waals surface area contributed by atoms with E-state index in [1.807, 2.05) is 0 Å². The first-order valence-corrected chi connectivity index (χ1v) is 6.79. The van der Waals surface area contributed by atoms with Gasteiger partial charge in [0.2, 0.25) is 0 Å². The lowest BCUT2D eigenvalue weighted by molar-refractivity contribution is -0.137. The van der Waals surface area contributed by atoms with Crippen LogP contribution in [0.1, 0.15) is 49.3 Å². The summed E-state index contributed by atoms with van der Waals surface area (Å²) in [5, 5.41) is 8.57. The van der Waals surface area contributed by atoms with Gasteiger partial charge in [-0.2, -0.15) is 0 Å². The molecule has 1 aromatic rings. The Morgan fingerprint density at radius 2 is 1.95 bits per heavy atom. The predicted octanol–water partition coefficient (Wildman–Crippen LogP) is 4.69. The molecule has 2 heteroatoms. The minimum atomic E-state index is -0.727. The molecule has 2 nitrogen and oxygen atoms in total. The quantitative estimate of drug-likeness (QED) is 0.720. The first-order chi connectivity index (χ1) is 9.13. The van der Waals surface area contributed by atoms with E-state index in [1.165, 1.54) is 16.7 Å². The lowest BCUT2D eigenvalue weighted by Gasteiger charge is -2.03. The first-order valence-electron chi connectivity index (χ1n) is 6.79. The zero-order valence-corrected chi connectivity index (χ0v) is 11.7. The number of carboxylic acid groups (broad SMARTS) is 1. The fourth-order valence-corrected chi connectivity index (χ4v) is 1.82. The normalized spacial score (nSPS) is 11.5. The summed E-state index contributed by atoms with van der Waals surface area (Å²) in [6.07, 6.45) is 11.2. The maximum Gasteiger partial charge on any atom is 0.303 e. The number of aliphatic carboxylic acids is 1. The summed E-state index contributed by atoms with van der Waals surface area (Å²) < 4.78 is 0. The van der Waals surface area contributed by atoms with Crippen molar-refractivity contribution in [3.63, 3.8) is 0 Å². The Kier molecular flexibility index (Phi) is 6.65. The van der Waals surface area contributed by atoms with E-state index >= 15 is 0 Å². The lowest BCUT2D eigenvalue weighted by atomic mass is 10.0. The molecule has 0 aromatic heterocycles. The van der Waals surface area contributed by atoms with Gasteiger partial charge in [0.15, 0.2) is 0 Å². The van der Waals surface area contributed by atoms with Crippen LogP contribution in [0.25, 0.3) is 12.2 Å². The van der Waals surface area contributed by atoms with Gasteiger partial charge in [0.1, 0.15) is 0 Å². The van der Waals surface area contributed by atoms with Crippen LogP contribution in [0.5, 0.6) is 0 Å². The number of unbranched alkanes of at least 4 members (excludes halogenated alkanes) is 1. The Bertz CT molecular complexity index is 470. The Morgan fingerprint density at radius 3 is 2.63 bits per heavy atom. The van der Waals surface area contributed by atoms with E-state index in [0.29, 0.717) is 6.42 Å². The Morgan fingerprint density at radius 1 is 1.21 bits per heavy atom. The van der Waals surface area contributed by atoms with Crippen LogP contribution in [0.4, 0.5) is 0 Å². The van der Waals surface area contributed by atoms with Gasteiger partial charge in [-0.1, -0.05) is 55.0 Å². The van der Waals surface area contributed by atoms with Gasteiger partial charge < -0.3 is 5.11 Å². The van der Waals surface area contributed by atoms with Gasteiger partial charge >= 0.3 is 5.97 Å². The summed E-state index contributed by atoms with van der Waals surface area (Å²) in [7, 11) is 0. The van der Waals surface area contributed by atoms with Gasteiger partial charge in [-0.25, -0.2) is 0 Å². The summed E-state index contributed by atoms with van der Waals surface area (Å²) in [5.74, 6) is -0.727. The second-order valence-corrected chi connectivity index (χ2v) is 4.63. The highest BCUT2D eigenvalue weighted by Crippen LogP contribution is 2.16. The molecule has 1 aromatic carbocycles. The van der Waals surface area contributed by atoms with Crippen LogP contribution < -0.4 is 0 Å². The van der Waals surface area contributed by atoms with Crippen molar-refractivity contribution < 1.29 is 9.90 Å². The van der Waals surface area contributed by atoms with Gasteiger partial charge in [-0.3, -0.25) is 4.79 Å². The summed E-state index contributed by atoms with van der Waals surface area (Å²) in [6.45, 7) is 4.21. The van der Waals surface area contributed by atoms with Crippen LogP contribution in [0.3, 0.4) is 0 Å². The molecule has 0 bridgehead atoms. The highest BCUT2D eigenvalue weighted by molar-refractivity contribution is 5.67. The van der Waals surface area contributed by atoms with E-state index in [2.05, 4.69) is 56.4 Å². The molecule has 0 unspecified atom stereocenters. The van der Waals surface area contributed by atoms with Crippen LogP contribution in [0.2, 0.25) is 0 Å². The van der Waals surface area contributed by atoms with Crippen molar-refractivity contribution in [1.82, 2.24) is 0 Å². The molecule has 19 heavy (non-hydrogen) atoms. The van der Waals surface area contributed by atoms with E-state index in [4.69, 9.17) is 5.11 Å². The molecule has 1 rings (SSSR count). The molecule has 0 aliphatic rings. The Labute approximate surface area is 115 Å². The number of allylic oxidation sites excluding steroid dienone is 2. The average molecular weight is 258 g/mol. The van der Waals surface area contributed by atoms with Gasteiger partial charge in [-0.15, -0.1) is 0 Å². The average Bonchev–Trinajstić information content (AvgIpc) is 2.37. The molecule has 0 atom stereocenters. The minimum Gasteiger partial charge on any atom is -0.481 e. The van der Waals surface area contributed by atoms with E-state index in [-0.39, 0.29) is 6.42 Å². The van der Waals surface area contributed by atoms with Crippen molar-refractivity contribution in [2.45, 2.75) is 39.5 Å². The molecule has 0 aliphatic carbocycles. The number of hydrogen-bond donors (Lipinski definition) is 1. The fourth-order valence-electron chi connectivity index (χ4n) is 1.82. The second-order valence-electron chi connectivity index (χ2n) is 4.63. The molecule has 0 aliphatic heterocycles. The minimum absolute atomic E-state index is 0.237. The largest absolute Gasteiger partial charge is 0.481 e. The molecule has 0 heterocycles. The topological polar surface area (TPSA) is 37.3 Å². The van der Waals surface area contributed by atoms with E-state index < -0.39 is 5.97 Å². The van der Waals surface area contributed by atoms with Crippen molar-refractivity contribution in [3.05, 3.63) is 47.0 Å². The zero-order valence-electron chi connectivity index (χ0n) is 11.7. The van der Waals surface area contributed by atoms with Crippen LogP contribution >= 0.6 is 0 Å². The van der Waals surface area contributed by atoms with Crippen molar-refractivity contribution in [3.8, 4) is 0 Å². The van der Waals surface area contributed by atoms with Crippen molar-refractivity contribution in [2.24, 2.45) is 0 Å². The fraction of sp³-hybridized carbons (Fsp3) is 0.353. The second kappa shape index (κ2) is 8.30. The molecule has 0 saturated carbocycles. The van der Waals surface area contributed by atoms with Crippen LogP contribution in [-0.4, -0.2) is 11.1 Å². The number of carbonyl (C=O) groups is 1. The lowest BCUT2D eigenvalue weighted by Crippen LogP contribution is -1.92. The van der Waals surface area contributed by atoms with Crippen molar-refractivity contribution in [1.29, 1.82) is 0 Å². The van der Waals surface area contributed by atoms with E-state index in [9.17, 15) is 4.79 Å². The Balaban J connectivity index is 2.68. The predicted molar refractivity (Wildman–Crippen MR) is 81.0 cm³/mol. The number of carboxylic acids is 1. The molecule has 0 saturated heterocycles. The standard InChI is InChI=1S/C17H22O2/c1-3-4-8-16-13-14(2)11-12-15(16)9-6-5-7-10-17(18)19/h4,6,8-9,11-13H,3,5,7,10H2,1-2H3,(H,18,19)/b8-4+,9-6+. The van der Waals surface area contributed by atoms with Gasteiger partial charge in [0, 0.05) is 6.42 Å². The van der Waals surface area contributed by atoms with Crippen LogP contribution in [-0.2, 0) is 4.79 Å². The van der Waals surface area contributed by atoms with E-state index in [1.54, 1.807) is 0 Å². The highest BCUT2D eigenvalue weighted by atomic mass is 16.4. The van der Waals surface area contributed by atoms with Crippen molar-refractivity contribution >= 4 is 18.1 Å². The van der Waals surface area contributed by atoms with Crippen molar-refractivity contribution in [2.75, 3.05) is 0 Å². The number of aryl methyl sites for hydroxylation is 1. The SMILES string of the molecule is CC/C=C/c1cc(C)ccc1/C=C/CCCC(=O)O. The molecule has 0 radical (unpaired) electrons. The molecule has 0 spiro atoms. The zero-order chi connectivity index (χ0) is 14.1. The summed E-state index contributed by atoms with van der Waals surface area (Å²) in [5.41, 5.74) is 3.65. The summed E-state index contributed by atoms with van der Waals surface area (Å²) in [4.78, 5) is 10.4. The number of hydrogen-bond acceptors (Lipinski definition) is 1. The third-order valence-corrected chi connectivity index (χ3v) is 2.83. The first kappa shape index (κ1) is 15.2. The molecule has 0 fully saturated rings. The maximum atomic E-state index is 10.4. The molecule has 102 valence electrons. The van der Waals surface area contributed by atoms with E-state index in [0.717, 1.165) is 12.8 Å². The summed E-state index contributed by atoms with van der Waals surface area (Å²) in [6, 6.07) is 6.38. The maximum absolute atomic E-state index is 10.4. The van der Waals surface area contributed by atoms with Gasteiger partial charge in [-0.05, 0) is 37.3 Å². The third-order valence-electron chi connectivity index (χ3n) is 2.83. The molecular formula is C17H22O2. The molecule has 0 amide bonds. The van der Waals surface area contributed by atoms with Gasteiger partial charge in [0.05, 0.1) is 0 Å². The summed E-state index contributed by atoms with van der Waals surface area (Å²) >= 11 is 0. The number of benzene rings is 1. The Hall–Kier alpha value is -1.83. The van der Waals surface area contributed by atoms with Gasteiger partial charge in [0.25, 0.3) is 0 Å². The monoisotopic (exact) mass is 258 g/mol. The molecule has 1 N–H and O–H groups in total. The third kappa shape index (κ3) is 6.05. The molecular weight excluding hydrogens is 236 g/mol.